The third kappa shape index (κ3) is 11.0. The predicted molar refractivity (Wildman–Crippen MR) is 53.3 cm³/mol. The lowest BCUT2D eigenvalue weighted by molar-refractivity contribution is 0.283. The van der Waals surface area contributed by atoms with E-state index in [1.54, 1.807) is 18.5 Å². The fraction of sp³-hybridized carbons (Fsp3) is 0.600. The number of rotatable bonds is 4. The molecule has 1 rings (SSSR count). The Bertz CT molecular complexity index is 137. The maximum absolute atomic E-state index is 8.29. The largest absolute Gasteiger partial charge is 0.396 e. The Morgan fingerprint density at radius 1 is 1.08 bits per heavy atom. The molecule has 3 heteroatoms. The summed E-state index contributed by atoms with van der Waals surface area (Å²) in [5, 5.41) is 8.29. The molecule has 1 N–H and O–H groups in total. The maximum atomic E-state index is 8.29. The second-order valence-corrected chi connectivity index (χ2v) is 2.69. The lowest BCUT2D eigenvalue weighted by atomic mass is 10.2. The third-order valence-corrected chi connectivity index (χ3v) is 1.49. The maximum Gasteiger partial charge on any atom is 0.115 e. The van der Waals surface area contributed by atoms with Gasteiger partial charge >= 0.3 is 0 Å². The van der Waals surface area contributed by atoms with Gasteiger partial charge in [-0.2, -0.15) is 0 Å². The summed E-state index contributed by atoms with van der Waals surface area (Å²) in [4.78, 5) is 7.35. The fourth-order valence-corrected chi connectivity index (χ4v) is 0.792. The minimum Gasteiger partial charge on any atom is -0.396 e. The summed E-state index contributed by atoms with van der Waals surface area (Å²) in [6.07, 6.45) is 9.56. The minimum absolute atomic E-state index is 0.361. The number of hydrogen-bond donors (Lipinski definition) is 1. The molecule has 0 unspecified atom stereocenters. The van der Waals surface area contributed by atoms with Crippen LogP contribution in [0, 0.1) is 0 Å². The summed E-state index contributed by atoms with van der Waals surface area (Å²) in [6.45, 7) is 2.53. The van der Waals surface area contributed by atoms with Gasteiger partial charge in [-0.3, -0.25) is 0 Å². The molecule has 0 spiro atoms. The van der Waals surface area contributed by atoms with Gasteiger partial charge in [0.15, 0.2) is 0 Å². The molecular weight excluding hydrogens is 164 g/mol. The van der Waals surface area contributed by atoms with Crippen molar-refractivity contribution < 1.29 is 5.11 Å². The topological polar surface area (TPSA) is 46.0 Å². The normalized spacial score (nSPS) is 8.77. The van der Waals surface area contributed by atoms with Crippen molar-refractivity contribution in [3.8, 4) is 0 Å². The Morgan fingerprint density at radius 3 is 2.08 bits per heavy atom. The predicted octanol–water partition coefficient (Wildman–Crippen LogP) is 2.04. The second kappa shape index (κ2) is 11.0. The molecule has 0 atom stereocenters. The first-order valence-corrected chi connectivity index (χ1v) is 4.72. The lowest BCUT2D eigenvalue weighted by Gasteiger charge is -1.90. The van der Waals surface area contributed by atoms with E-state index in [9.17, 15) is 0 Å². The first-order valence-electron chi connectivity index (χ1n) is 4.72. The van der Waals surface area contributed by atoms with E-state index in [1.807, 2.05) is 0 Å². The summed E-state index contributed by atoms with van der Waals surface area (Å²) >= 11 is 0. The van der Waals surface area contributed by atoms with Crippen molar-refractivity contribution in [2.24, 2.45) is 0 Å². The van der Waals surface area contributed by atoms with Crippen molar-refractivity contribution >= 4 is 0 Å². The zero-order chi connectivity index (χ0) is 9.78. The van der Waals surface area contributed by atoms with Gasteiger partial charge in [0.1, 0.15) is 6.33 Å². The average molecular weight is 182 g/mol. The van der Waals surface area contributed by atoms with Gasteiger partial charge in [-0.25, -0.2) is 9.97 Å². The molecule has 0 aliphatic rings. The molecule has 0 aliphatic heterocycles. The van der Waals surface area contributed by atoms with E-state index in [4.69, 9.17) is 5.11 Å². The Hall–Kier alpha value is -0.960. The number of aliphatic hydroxyl groups excluding tert-OH is 1. The van der Waals surface area contributed by atoms with Gasteiger partial charge in [0.2, 0.25) is 0 Å². The van der Waals surface area contributed by atoms with Crippen molar-refractivity contribution in [2.75, 3.05) is 6.61 Å². The highest BCUT2D eigenvalue weighted by Gasteiger charge is 1.80. The Balaban J connectivity index is 0.000000223. The fourth-order valence-electron chi connectivity index (χ4n) is 0.792. The van der Waals surface area contributed by atoms with Crippen LogP contribution in [0.4, 0.5) is 0 Å². The standard InChI is InChI=1S/C6H14O.C4H4N2/c1-2-3-4-5-6-7;1-2-5-4-6-3-1/h7H,2-6H2,1H3;1-4H. The summed E-state index contributed by atoms with van der Waals surface area (Å²) in [5.41, 5.74) is 0. The van der Waals surface area contributed by atoms with E-state index in [0.29, 0.717) is 6.61 Å². The van der Waals surface area contributed by atoms with Crippen molar-refractivity contribution in [3.05, 3.63) is 24.8 Å². The molecule has 3 nitrogen and oxygen atoms in total. The SMILES string of the molecule is CCCCCCO.c1cncnc1. The molecule has 0 saturated carbocycles. The number of aromatic nitrogens is 2. The van der Waals surface area contributed by atoms with E-state index in [2.05, 4.69) is 16.9 Å². The first-order chi connectivity index (χ1) is 6.41. The highest BCUT2D eigenvalue weighted by molar-refractivity contribution is 4.74. The van der Waals surface area contributed by atoms with Crippen LogP contribution in [0.2, 0.25) is 0 Å². The Kier molecular flexibility index (Phi) is 10.2. The average Bonchev–Trinajstić information content (AvgIpc) is 2.22. The van der Waals surface area contributed by atoms with Crippen LogP contribution in [0.25, 0.3) is 0 Å². The smallest absolute Gasteiger partial charge is 0.115 e. The summed E-state index contributed by atoms with van der Waals surface area (Å²) in [7, 11) is 0. The van der Waals surface area contributed by atoms with Crippen molar-refractivity contribution in [2.45, 2.75) is 32.6 Å². The van der Waals surface area contributed by atoms with Crippen molar-refractivity contribution in [1.82, 2.24) is 9.97 Å². The van der Waals surface area contributed by atoms with Gasteiger partial charge in [-0.1, -0.05) is 26.2 Å². The Morgan fingerprint density at radius 2 is 1.77 bits per heavy atom. The van der Waals surface area contributed by atoms with Gasteiger partial charge in [-0.05, 0) is 12.5 Å². The lowest BCUT2D eigenvalue weighted by Crippen LogP contribution is -1.80. The highest BCUT2D eigenvalue weighted by Crippen LogP contribution is 1.96. The van der Waals surface area contributed by atoms with Crippen molar-refractivity contribution in [1.29, 1.82) is 0 Å². The summed E-state index contributed by atoms with van der Waals surface area (Å²) in [5.74, 6) is 0. The van der Waals surface area contributed by atoms with Gasteiger partial charge in [0.05, 0.1) is 0 Å². The molecular formula is C10H18N2O. The number of unbranched alkanes of at least 4 members (excludes halogenated alkanes) is 3. The van der Waals surface area contributed by atoms with Gasteiger partial charge in [-0.15, -0.1) is 0 Å². The number of hydrogen-bond acceptors (Lipinski definition) is 3. The van der Waals surface area contributed by atoms with Crippen molar-refractivity contribution in [3.63, 3.8) is 0 Å². The first kappa shape index (κ1) is 12.0. The van der Waals surface area contributed by atoms with E-state index >= 15 is 0 Å². The zero-order valence-corrected chi connectivity index (χ0v) is 8.19. The zero-order valence-electron chi connectivity index (χ0n) is 8.19. The van der Waals surface area contributed by atoms with Gasteiger partial charge in [0, 0.05) is 19.0 Å². The molecule has 1 aromatic heterocycles. The molecule has 0 saturated heterocycles. The van der Waals surface area contributed by atoms with E-state index < -0.39 is 0 Å². The summed E-state index contributed by atoms with van der Waals surface area (Å²) < 4.78 is 0. The van der Waals surface area contributed by atoms with E-state index in [1.165, 1.54) is 25.6 Å². The van der Waals surface area contributed by atoms with Crippen LogP contribution in [-0.4, -0.2) is 21.7 Å². The van der Waals surface area contributed by atoms with Crippen LogP contribution < -0.4 is 0 Å². The number of aliphatic hydroxyl groups is 1. The van der Waals surface area contributed by atoms with E-state index in [-0.39, 0.29) is 0 Å². The highest BCUT2D eigenvalue weighted by atomic mass is 16.2. The molecule has 0 radical (unpaired) electrons. The summed E-state index contributed by atoms with van der Waals surface area (Å²) in [6, 6.07) is 1.78. The van der Waals surface area contributed by atoms with Crippen LogP contribution in [0.1, 0.15) is 32.6 Å². The van der Waals surface area contributed by atoms with Gasteiger partial charge < -0.3 is 5.11 Å². The number of nitrogens with zero attached hydrogens (tertiary/aromatic N) is 2. The molecule has 1 heterocycles. The van der Waals surface area contributed by atoms with Crippen LogP contribution in [0.15, 0.2) is 24.8 Å². The minimum atomic E-state index is 0.361. The second-order valence-electron chi connectivity index (χ2n) is 2.69. The van der Waals surface area contributed by atoms with Gasteiger partial charge in [0.25, 0.3) is 0 Å². The molecule has 0 aliphatic carbocycles. The Labute approximate surface area is 79.9 Å². The molecule has 0 fully saturated rings. The molecule has 0 bridgehead atoms. The molecule has 1 aromatic rings. The quantitative estimate of drug-likeness (QED) is 0.725. The third-order valence-electron chi connectivity index (χ3n) is 1.49. The molecule has 0 amide bonds. The molecule has 13 heavy (non-hydrogen) atoms. The van der Waals surface area contributed by atoms with Crippen LogP contribution >= 0.6 is 0 Å². The van der Waals surface area contributed by atoms with Crippen LogP contribution in [0.3, 0.4) is 0 Å². The van der Waals surface area contributed by atoms with Crippen LogP contribution in [-0.2, 0) is 0 Å². The van der Waals surface area contributed by atoms with Crippen LogP contribution in [0.5, 0.6) is 0 Å². The monoisotopic (exact) mass is 182 g/mol. The van der Waals surface area contributed by atoms with E-state index in [0.717, 1.165) is 6.42 Å². The molecule has 0 aromatic carbocycles. The molecule has 74 valence electrons.